The molecule has 0 amide bonds. The highest BCUT2D eigenvalue weighted by Crippen LogP contribution is 2.23. The van der Waals surface area contributed by atoms with E-state index in [0.29, 0.717) is 0 Å². The standard InChI is InChI=1S/C22H26N4/c1-2-8-21(7-1)17-25-15-13-23(19-25)11-5-6-12-24-14-16-26(20-24)18-22-9-3-4-10-22/h1-4,7-10,13-16,19-20H,5-6,11-12,17-18H2/q+2. The second-order valence-corrected chi connectivity index (χ2v) is 6.94. The minimum Gasteiger partial charge on any atom is -0.237 e. The van der Waals surface area contributed by atoms with Crippen molar-refractivity contribution in [3.05, 3.63) is 101 Å². The molecular formula is C22H26N4+2. The quantitative estimate of drug-likeness (QED) is 0.489. The highest BCUT2D eigenvalue weighted by molar-refractivity contribution is 5.34. The maximum absolute atomic E-state index is 2.29. The predicted molar refractivity (Wildman–Crippen MR) is 99.4 cm³/mol. The van der Waals surface area contributed by atoms with Crippen molar-refractivity contribution in [2.75, 3.05) is 0 Å². The first-order chi connectivity index (χ1) is 12.8. The average molecular weight is 346 g/mol. The molecule has 4 nitrogen and oxygen atoms in total. The van der Waals surface area contributed by atoms with Gasteiger partial charge in [-0.3, -0.25) is 0 Å². The normalized spacial score (nSPS) is 18.9. The van der Waals surface area contributed by atoms with Crippen LogP contribution in [0.1, 0.15) is 12.8 Å². The molecule has 132 valence electrons. The van der Waals surface area contributed by atoms with Gasteiger partial charge in [-0.25, -0.2) is 18.3 Å². The molecule has 2 aliphatic carbocycles. The lowest BCUT2D eigenvalue weighted by Gasteiger charge is -2.03. The Morgan fingerprint density at radius 2 is 1.04 bits per heavy atom. The molecule has 4 rings (SSSR count). The van der Waals surface area contributed by atoms with Gasteiger partial charge in [0.2, 0.25) is 12.7 Å². The Morgan fingerprint density at radius 3 is 1.46 bits per heavy atom. The molecule has 0 spiro atoms. The number of imidazole rings is 2. The molecule has 0 atom stereocenters. The molecule has 4 heteroatoms. The van der Waals surface area contributed by atoms with Gasteiger partial charge in [0.05, 0.1) is 26.2 Å². The molecule has 2 aromatic rings. The SMILES string of the molecule is [CH]1[CH][CH][C](C[n+]2ccn(CCCCn3cc[n+](C[C]4[CH][CH][CH][CH]4)c3)c2)[CH]1. The fraction of sp³-hybridized carbons (Fsp3) is 0.273. The van der Waals surface area contributed by atoms with Gasteiger partial charge in [0.1, 0.15) is 24.8 Å². The summed E-state index contributed by atoms with van der Waals surface area (Å²) in [4.78, 5) is 0. The summed E-state index contributed by atoms with van der Waals surface area (Å²) in [7, 11) is 0. The van der Waals surface area contributed by atoms with Crippen molar-refractivity contribution in [1.29, 1.82) is 0 Å². The lowest BCUT2D eigenvalue weighted by molar-refractivity contribution is -0.691. The molecule has 2 heterocycles. The van der Waals surface area contributed by atoms with Crippen LogP contribution in [0.4, 0.5) is 0 Å². The largest absolute Gasteiger partial charge is 0.243 e. The fourth-order valence-electron chi connectivity index (χ4n) is 3.38. The van der Waals surface area contributed by atoms with E-state index in [2.05, 4.69) is 107 Å². The Balaban J connectivity index is 1.15. The zero-order valence-electron chi connectivity index (χ0n) is 15.1. The summed E-state index contributed by atoms with van der Waals surface area (Å²) >= 11 is 0. The van der Waals surface area contributed by atoms with Gasteiger partial charge in [0.15, 0.2) is 0 Å². The van der Waals surface area contributed by atoms with Crippen LogP contribution in [0.2, 0.25) is 0 Å². The molecule has 0 bridgehead atoms. The Hall–Kier alpha value is -1.58. The van der Waals surface area contributed by atoms with Crippen LogP contribution in [0.15, 0.2) is 37.4 Å². The van der Waals surface area contributed by atoms with E-state index in [1.54, 1.807) is 0 Å². The Kier molecular flexibility index (Phi) is 6.08. The smallest absolute Gasteiger partial charge is 0.237 e. The number of unbranched alkanes of at least 4 members (excludes halogenated alkanes) is 1. The molecule has 0 aliphatic heterocycles. The molecule has 26 heavy (non-hydrogen) atoms. The van der Waals surface area contributed by atoms with Crippen molar-refractivity contribution >= 4 is 0 Å². The van der Waals surface area contributed by atoms with Crippen molar-refractivity contribution < 1.29 is 9.13 Å². The van der Waals surface area contributed by atoms with E-state index in [4.69, 9.17) is 0 Å². The number of hydrogen-bond donors (Lipinski definition) is 0. The van der Waals surface area contributed by atoms with Crippen LogP contribution in [0, 0.1) is 63.2 Å². The van der Waals surface area contributed by atoms with Gasteiger partial charge >= 0.3 is 0 Å². The lowest BCUT2D eigenvalue weighted by Crippen LogP contribution is -2.34. The van der Waals surface area contributed by atoms with E-state index in [-0.39, 0.29) is 0 Å². The molecule has 10 radical (unpaired) electrons. The van der Waals surface area contributed by atoms with Crippen molar-refractivity contribution in [2.45, 2.75) is 39.0 Å². The summed E-state index contributed by atoms with van der Waals surface area (Å²) in [6.07, 6.45) is 32.5. The maximum Gasteiger partial charge on any atom is 0.243 e. The molecule has 0 saturated heterocycles. The predicted octanol–water partition coefficient (Wildman–Crippen LogP) is 2.16. The van der Waals surface area contributed by atoms with E-state index in [1.165, 1.54) is 24.7 Å². The Morgan fingerprint density at radius 1 is 0.615 bits per heavy atom. The van der Waals surface area contributed by atoms with Gasteiger partial charge in [0.25, 0.3) is 0 Å². The highest BCUT2D eigenvalue weighted by Gasteiger charge is 2.20. The van der Waals surface area contributed by atoms with Crippen LogP contribution in [0.5, 0.6) is 0 Å². The van der Waals surface area contributed by atoms with E-state index in [1.807, 2.05) is 0 Å². The van der Waals surface area contributed by atoms with Gasteiger partial charge in [-0.15, -0.1) is 0 Å². The summed E-state index contributed by atoms with van der Waals surface area (Å²) < 4.78 is 9.06. The third-order valence-corrected chi connectivity index (χ3v) is 4.77. The summed E-state index contributed by atoms with van der Waals surface area (Å²) in [5.41, 5.74) is 0. The topological polar surface area (TPSA) is 17.6 Å². The van der Waals surface area contributed by atoms with Gasteiger partial charge < -0.3 is 0 Å². The molecule has 2 aromatic heterocycles. The average Bonchev–Trinajstić information content (AvgIpc) is 3.42. The number of aryl methyl sites for hydroxylation is 2. The van der Waals surface area contributed by atoms with E-state index in [9.17, 15) is 0 Å². The summed E-state index contributed by atoms with van der Waals surface area (Å²) in [6.45, 7) is 4.05. The molecule has 2 fully saturated rings. The maximum atomic E-state index is 2.29. The minimum atomic E-state index is 0.951. The van der Waals surface area contributed by atoms with Gasteiger partial charge in [0, 0.05) is 11.8 Å². The third-order valence-electron chi connectivity index (χ3n) is 4.77. The molecule has 2 saturated carbocycles. The van der Waals surface area contributed by atoms with Crippen molar-refractivity contribution in [2.24, 2.45) is 0 Å². The number of nitrogens with zero attached hydrogens (tertiary/aromatic N) is 4. The minimum absolute atomic E-state index is 0.951. The van der Waals surface area contributed by atoms with E-state index in [0.717, 1.165) is 26.2 Å². The number of rotatable bonds is 9. The van der Waals surface area contributed by atoms with Crippen LogP contribution in [-0.4, -0.2) is 9.13 Å². The monoisotopic (exact) mass is 346 g/mol. The second kappa shape index (κ2) is 8.88. The first-order valence-corrected chi connectivity index (χ1v) is 9.36. The van der Waals surface area contributed by atoms with E-state index >= 15 is 0 Å². The molecule has 0 unspecified atom stereocenters. The Labute approximate surface area is 158 Å². The van der Waals surface area contributed by atoms with Crippen molar-refractivity contribution in [3.8, 4) is 0 Å². The van der Waals surface area contributed by atoms with Gasteiger partial charge in [-0.1, -0.05) is 0 Å². The Bertz CT molecular complexity index is 601. The summed E-state index contributed by atoms with van der Waals surface area (Å²) in [5.74, 6) is 2.71. The van der Waals surface area contributed by atoms with Gasteiger partial charge in [-0.2, -0.15) is 0 Å². The molecule has 2 aliphatic rings. The zero-order chi connectivity index (χ0) is 17.6. The first-order valence-electron chi connectivity index (χ1n) is 9.36. The summed E-state index contributed by atoms with van der Waals surface area (Å²) in [6, 6.07) is 0. The first kappa shape index (κ1) is 17.8. The number of aromatic nitrogens is 4. The van der Waals surface area contributed by atoms with Gasteiger partial charge in [-0.05, 0) is 64.2 Å². The second-order valence-electron chi connectivity index (χ2n) is 6.94. The number of hydrogen-bond acceptors (Lipinski definition) is 0. The van der Waals surface area contributed by atoms with E-state index < -0.39 is 0 Å². The third kappa shape index (κ3) is 4.99. The van der Waals surface area contributed by atoms with Crippen LogP contribution in [0.25, 0.3) is 0 Å². The zero-order valence-corrected chi connectivity index (χ0v) is 15.1. The van der Waals surface area contributed by atoms with Crippen LogP contribution >= 0.6 is 0 Å². The summed E-state index contributed by atoms with van der Waals surface area (Å²) in [5, 5.41) is 0. The van der Waals surface area contributed by atoms with Crippen molar-refractivity contribution in [3.63, 3.8) is 0 Å². The lowest BCUT2D eigenvalue weighted by atomic mass is 10.1. The van der Waals surface area contributed by atoms with Crippen molar-refractivity contribution in [1.82, 2.24) is 9.13 Å². The molecular weight excluding hydrogens is 320 g/mol. The fourth-order valence-corrected chi connectivity index (χ4v) is 3.38. The van der Waals surface area contributed by atoms with Crippen LogP contribution < -0.4 is 9.13 Å². The van der Waals surface area contributed by atoms with Crippen LogP contribution in [0.3, 0.4) is 0 Å². The van der Waals surface area contributed by atoms with Crippen LogP contribution in [-0.2, 0) is 26.2 Å². The highest BCUT2D eigenvalue weighted by atomic mass is 15.1. The molecule has 0 aromatic carbocycles. The molecule has 0 N–H and O–H groups in total.